The van der Waals surface area contributed by atoms with Crippen molar-refractivity contribution in [2.45, 2.75) is 20.4 Å². The second kappa shape index (κ2) is 4.86. The van der Waals surface area contributed by atoms with Gasteiger partial charge in [-0.25, -0.2) is 0 Å². The van der Waals surface area contributed by atoms with Crippen LogP contribution in [0, 0.1) is 11.8 Å². The van der Waals surface area contributed by atoms with Gasteiger partial charge in [-0.2, -0.15) is 0 Å². The Labute approximate surface area is 115 Å². The first kappa shape index (κ1) is 12.5. The molecule has 19 heavy (non-hydrogen) atoms. The van der Waals surface area contributed by atoms with Crippen molar-refractivity contribution in [1.82, 2.24) is 0 Å². The second-order valence-corrected chi connectivity index (χ2v) is 5.85. The minimum Gasteiger partial charge on any atom is -0.370 e. The number of anilines is 1. The summed E-state index contributed by atoms with van der Waals surface area (Å²) in [6.07, 6.45) is 0. The van der Waals surface area contributed by atoms with E-state index in [1.54, 1.807) is 0 Å². The van der Waals surface area contributed by atoms with Crippen LogP contribution in [0.1, 0.15) is 19.4 Å². The molecule has 2 nitrogen and oxygen atoms in total. The number of nitrogens with two attached hydrogens (primary N) is 1. The molecule has 2 heteroatoms. The molecule has 0 amide bonds. The Morgan fingerprint density at radius 1 is 1.00 bits per heavy atom. The van der Waals surface area contributed by atoms with E-state index in [9.17, 15) is 0 Å². The molecule has 3 rings (SSSR count). The van der Waals surface area contributed by atoms with E-state index in [1.807, 2.05) is 0 Å². The van der Waals surface area contributed by atoms with E-state index >= 15 is 0 Å². The number of fused-ring (bicyclic) bond motifs is 1. The van der Waals surface area contributed by atoms with E-state index < -0.39 is 0 Å². The summed E-state index contributed by atoms with van der Waals surface area (Å²) in [6, 6.07) is 13.1. The topological polar surface area (TPSA) is 29.3 Å². The fraction of sp³-hybridized carbons (Fsp3) is 0.412. The van der Waals surface area contributed by atoms with Gasteiger partial charge in [0, 0.05) is 30.7 Å². The van der Waals surface area contributed by atoms with Crippen molar-refractivity contribution in [3.8, 4) is 0 Å². The van der Waals surface area contributed by atoms with Gasteiger partial charge < -0.3 is 10.6 Å². The van der Waals surface area contributed by atoms with Crippen molar-refractivity contribution in [3.05, 3.63) is 42.0 Å². The van der Waals surface area contributed by atoms with Crippen LogP contribution >= 0.6 is 0 Å². The Hall–Kier alpha value is -1.54. The third-order valence-electron chi connectivity index (χ3n) is 4.54. The van der Waals surface area contributed by atoms with Crippen LogP contribution < -0.4 is 10.6 Å². The lowest BCUT2D eigenvalue weighted by molar-refractivity contribution is 0.494. The van der Waals surface area contributed by atoms with Gasteiger partial charge in [0.15, 0.2) is 0 Å². The smallest absolute Gasteiger partial charge is 0.0446 e. The summed E-state index contributed by atoms with van der Waals surface area (Å²) in [7, 11) is 0. The van der Waals surface area contributed by atoms with Crippen LogP contribution in [-0.4, -0.2) is 13.1 Å². The van der Waals surface area contributed by atoms with Crippen molar-refractivity contribution in [1.29, 1.82) is 0 Å². The predicted molar refractivity (Wildman–Crippen MR) is 82.4 cm³/mol. The zero-order valence-corrected chi connectivity index (χ0v) is 11.8. The van der Waals surface area contributed by atoms with Crippen molar-refractivity contribution >= 4 is 16.5 Å². The third-order valence-corrected chi connectivity index (χ3v) is 4.54. The van der Waals surface area contributed by atoms with Crippen LogP contribution in [0.3, 0.4) is 0 Å². The maximum atomic E-state index is 5.85. The predicted octanol–water partition coefficient (Wildman–Crippen LogP) is 3.39. The summed E-state index contributed by atoms with van der Waals surface area (Å²) >= 11 is 0. The Morgan fingerprint density at radius 3 is 2.26 bits per heavy atom. The average Bonchev–Trinajstić information content (AvgIpc) is 2.77. The molecule has 2 aromatic carbocycles. The first-order chi connectivity index (χ1) is 9.20. The molecule has 0 spiro atoms. The molecule has 2 atom stereocenters. The number of hydrogen-bond donors (Lipinski definition) is 1. The number of hydrogen-bond acceptors (Lipinski definition) is 2. The highest BCUT2D eigenvalue weighted by molar-refractivity contribution is 5.96. The average molecular weight is 254 g/mol. The fourth-order valence-electron chi connectivity index (χ4n) is 3.13. The molecular formula is C17H22N2. The van der Waals surface area contributed by atoms with Crippen molar-refractivity contribution in [2.75, 3.05) is 18.0 Å². The Bertz CT molecular complexity index is 581. The van der Waals surface area contributed by atoms with E-state index in [1.165, 1.54) is 22.0 Å². The molecule has 2 aromatic rings. The standard InChI is InChI=1S/C17H22N2/c1-12-10-19(11-13(12)2)17-8-7-14(9-18)15-5-3-4-6-16(15)17/h3-8,12-13H,9-11,18H2,1-2H3. The molecule has 0 aliphatic carbocycles. The van der Waals surface area contributed by atoms with E-state index in [-0.39, 0.29) is 0 Å². The highest BCUT2D eigenvalue weighted by Gasteiger charge is 2.27. The van der Waals surface area contributed by atoms with Crippen LogP contribution in [-0.2, 0) is 6.54 Å². The molecule has 1 fully saturated rings. The minimum absolute atomic E-state index is 0.605. The van der Waals surface area contributed by atoms with Crippen LogP contribution in [0.25, 0.3) is 10.8 Å². The van der Waals surface area contributed by atoms with Crippen molar-refractivity contribution < 1.29 is 0 Å². The summed E-state index contributed by atoms with van der Waals surface area (Å²) in [5.74, 6) is 1.54. The number of benzene rings is 2. The molecule has 0 bridgehead atoms. The van der Waals surface area contributed by atoms with Crippen LogP contribution in [0.5, 0.6) is 0 Å². The normalized spacial score (nSPS) is 23.2. The van der Waals surface area contributed by atoms with Crippen LogP contribution in [0.2, 0.25) is 0 Å². The number of rotatable bonds is 2. The SMILES string of the molecule is CC1CN(c2ccc(CN)c3ccccc23)CC1C. The maximum Gasteiger partial charge on any atom is 0.0446 e. The molecule has 1 aliphatic rings. The first-order valence-electron chi connectivity index (χ1n) is 7.16. The zero-order chi connectivity index (χ0) is 13.4. The molecule has 1 aliphatic heterocycles. The molecule has 100 valence electrons. The zero-order valence-electron chi connectivity index (χ0n) is 11.8. The van der Waals surface area contributed by atoms with Gasteiger partial charge in [-0.3, -0.25) is 0 Å². The second-order valence-electron chi connectivity index (χ2n) is 5.85. The molecule has 1 saturated heterocycles. The third kappa shape index (κ3) is 2.10. The van der Waals surface area contributed by atoms with Gasteiger partial charge in [0.1, 0.15) is 0 Å². The summed E-state index contributed by atoms with van der Waals surface area (Å²) in [5, 5.41) is 2.64. The molecule has 0 radical (unpaired) electrons. The number of nitrogens with zero attached hydrogens (tertiary/aromatic N) is 1. The largest absolute Gasteiger partial charge is 0.370 e. The fourth-order valence-corrected chi connectivity index (χ4v) is 3.13. The Kier molecular flexibility index (Phi) is 3.19. The minimum atomic E-state index is 0.605. The Morgan fingerprint density at radius 2 is 1.63 bits per heavy atom. The van der Waals surface area contributed by atoms with Gasteiger partial charge in [0.2, 0.25) is 0 Å². The van der Waals surface area contributed by atoms with Crippen LogP contribution in [0.4, 0.5) is 5.69 Å². The van der Waals surface area contributed by atoms with E-state index in [4.69, 9.17) is 5.73 Å². The monoisotopic (exact) mass is 254 g/mol. The quantitative estimate of drug-likeness (QED) is 0.890. The lowest BCUT2D eigenvalue weighted by Gasteiger charge is -2.21. The van der Waals surface area contributed by atoms with Gasteiger partial charge in [-0.15, -0.1) is 0 Å². The van der Waals surface area contributed by atoms with Gasteiger partial charge in [-0.1, -0.05) is 44.2 Å². The summed E-state index contributed by atoms with van der Waals surface area (Å²) in [6.45, 7) is 7.62. The highest BCUT2D eigenvalue weighted by atomic mass is 15.2. The molecular weight excluding hydrogens is 232 g/mol. The van der Waals surface area contributed by atoms with Crippen molar-refractivity contribution in [3.63, 3.8) is 0 Å². The van der Waals surface area contributed by atoms with E-state index in [0.29, 0.717) is 6.54 Å². The first-order valence-corrected chi connectivity index (χ1v) is 7.16. The molecule has 1 heterocycles. The maximum absolute atomic E-state index is 5.85. The summed E-state index contributed by atoms with van der Waals surface area (Å²) in [4.78, 5) is 2.53. The summed E-state index contributed by atoms with van der Waals surface area (Å²) in [5.41, 5.74) is 8.45. The van der Waals surface area contributed by atoms with E-state index in [0.717, 1.165) is 24.9 Å². The molecule has 0 saturated carbocycles. The van der Waals surface area contributed by atoms with Gasteiger partial charge in [0.05, 0.1) is 0 Å². The van der Waals surface area contributed by atoms with E-state index in [2.05, 4.69) is 55.1 Å². The molecule has 2 N–H and O–H groups in total. The summed E-state index contributed by atoms with van der Waals surface area (Å²) < 4.78 is 0. The molecule has 0 aromatic heterocycles. The lowest BCUT2D eigenvalue weighted by atomic mass is 10.0. The van der Waals surface area contributed by atoms with Crippen molar-refractivity contribution in [2.24, 2.45) is 17.6 Å². The highest BCUT2D eigenvalue weighted by Crippen LogP contribution is 2.34. The van der Waals surface area contributed by atoms with Gasteiger partial charge in [-0.05, 0) is 28.9 Å². The molecule has 2 unspecified atom stereocenters. The Balaban J connectivity index is 2.10. The van der Waals surface area contributed by atoms with Crippen LogP contribution in [0.15, 0.2) is 36.4 Å². The lowest BCUT2D eigenvalue weighted by Crippen LogP contribution is -2.20. The van der Waals surface area contributed by atoms with Gasteiger partial charge >= 0.3 is 0 Å². The van der Waals surface area contributed by atoms with Gasteiger partial charge in [0.25, 0.3) is 0 Å².